The van der Waals surface area contributed by atoms with Crippen LogP contribution in [-0.4, -0.2) is 30.7 Å². The number of phenolic OH excluding ortho intramolecular Hbond substituents is 1. The highest BCUT2D eigenvalue weighted by Crippen LogP contribution is 2.26. The number of methoxy groups -OCH3 is 1. The third-order valence-corrected chi connectivity index (χ3v) is 2.78. The van der Waals surface area contributed by atoms with E-state index in [1.54, 1.807) is 13.2 Å². The van der Waals surface area contributed by atoms with Gasteiger partial charge in [-0.25, -0.2) is 0 Å². The van der Waals surface area contributed by atoms with Crippen LogP contribution in [0, 0.1) is 5.92 Å². The number of phenols is 1. The van der Waals surface area contributed by atoms with Crippen molar-refractivity contribution in [3.05, 3.63) is 23.8 Å². The van der Waals surface area contributed by atoms with Crippen molar-refractivity contribution < 1.29 is 9.84 Å². The topological polar surface area (TPSA) is 32.7 Å². The van der Waals surface area contributed by atoms with E-state index in [0.717, 1.165) is 24.6 Å². The van der Waals surface area contributed by atoms with Gasteiger partial charge in [-0.2, -0.15) is 0 Å². The number of benzene rings is 1. The maximum Gasteiger partial charge on any atom is 0.160 e. The molecule has 3 heteroatoms. The summed E-state index contributed by atoms with van der Waals surface area (Å²) < 4.78 is 5.10. The lowest BCUT2D eigenvalue weighted by molar-refractivity contribution is 0.302. The highest BCUT2D eigenvalue weighted by atomic mass is 16.5. The van der Waals surface area contributed by atoms with Crippen LogP contribution < -0.4 is 4.74 Å². The van der Waals surface area contributed by atoms with Gasteiger partial charge in [0, 0.05) is 6.54 Å². The van der Waals surface area contributed by atoms with Crippen LogP contribution >= 0.6 is 0 Å². The van der Waals surface area contributed by atoms with E-state index in [2.05, 4.69) is 25.8 Å². The van der Waals surface area contributed by atoms with Crippen LogP contribution in [0.15, 0.2) is 18.2 Å². The first-order valence-corrected chi connectivity index (χ1v) is 6.07. The molecule has 0 aliphatic rings. The quantitative estimate of drug-likeness (QED) is 0.825. The van der Waals surface area contributed by atoms with Crippen molar-refractivity contribution >= 4 is 0 Å². The molecule has 0 heterocycles. The molecule has 0 radical (unpaired) electrons. The van der Waals surface area contributed by atoms with Gasteiger partial charge >= 0.3 is 0 Å². The summed E-state index contributed by atoms with van der Waals surface area (Å²) in [6.07, 6.45) is 1.20. The molecule has 0 aliphatic heterocycles. The van der Waals surface area contributed by atoms with Crippen LogP contribution in [-0.2, 0) is 6.54 Å². The summed E-state index contributed by atoms with van der Waals surface area (Å²) in [5, 5.41) is 9.51. The first-order chi connectivity index (χ1) is 8.02. The van der Waals surface area contributed by atoms with E-state index in [9.17, 15) is 5.11 Å². The van der Waals surface area contributed by atoms with E-state index < -0.39 is 0 Å². The summed E-state index contributed by atoms with van der Waals surface area (Å²) in [6, 6.07) is 5.51. The minimum atomic E-state index is 0.195. The third-order valence-electron chi connectivity index (χ3n) is 2.78. The maximum atomic E-state index is 9.51. The molecule has 1 aromatic carbocycles. The smallest absolute Gasteiger partial charge is 0.160 e. The molecular formula is C14H23NO2. The summed E-state index contributed by atoms with van der Waals surface area (Å²) in [5.74, 6) is 1.47. The fourth-order valence-electron chi connectivity index (χ4n) is 1.69. The van der Waals surface area contributed by atoms with Gasteiger partial charge in [-0.1, -0.05) is 19.9 Å². The molecule has 0 fully saturated rings. The number of rotatable bonds is 6. The molecule has 0 spiro atoms. The Labute approximate surface area is 104 Å². The molecule has 96 valence electrons. The molecule has 0 atom stereocenters. The molecule has 0 aliphatic carbocycles. The standard InChI is InChI=1S/C14H23NO2/c1-11(2)7-8-15(3)10-12-5-6-13(16)14(9-12)17-4/h5-6,9,11,16H,7-8,10H2,1-4H3. The molecule has 1 N–H and O–H groups in total. The number of ether oxygens (including phenoxy) is 1. The number of hydrogen-bond acceptors (Lipinski definition) is 3. The van der Waals surface area contributed by atoms with Crippen molar-refractivity contribution in [2.45, 2.75) is 26.8 Å². The minimum absolute atomic E-state index is 0.195. The van der Waals surface area contributed by atoms with E-state index in [1.165, 1.54) is 6.42 Å². The summed E-state index contributed by atoms with van der Waals surface area (Å²) in [5.41, 5.74) is 1.16. The number of aromatic hydroxyl groups is 1. The normalized spacial score (nSPS) is 11.2. The SMILES string of the molecule is COc1cc(CN(C)CCC(C)C)ccc1O. The summed E-state index contributed by atoms with van der Waals surface area (Å²) >= 11 is 0. The van der Waals surface area contributed by atoms with Crippen molar-refractivity contribution in [2.24, 2.45) is 5.92 Å². The third kappa shape index (κ3) is 4.65. The second-order valence-corrected chi connectivity index (χ2v) is 4.93. The molecule has 0 bridgehead atoms. The predicted molar refractivity (Wildman–Crippen MR) is 70.4 cm³/mol. The minimum Gasteiger partial charge on any atom is -0.504 e. The Morgan fingerprint density at radius 2 is 2.06 bits per heavy atom. The molecule has 1 rings (SSSR count). The average molecular weight is 237 g/mol. The Hall–Kier alpha value is -1.22. The maximum absolute atomic E-state index is 9.51. The second kappa shape index (κ2) is 6.50. The fourth-order valence-corrected chi connectivity index (χ4v) is 1.69. The van der Waals surface area contributed by atoms with Gasteiger partial charge in [-0.3, -0.25) is 0 Å². The lowest BCUT2D eigenvalue weighted by atomic mass is 10.1. The molecule has 17 heavy (non-hydrogen) atoms. The molecule has 0 saturated heterocycles. The van der Waals surface area contributed by atoms with Gasteiger partial charge in [-0.05, 0) is 43.6 Å². The number of hydrogen-bond donors (Lipinski definition) is 1. The molecule has 1 aromatic rings. The van der Waals surface area contributed by atoms with Gasteiger partial charge in [0.2, 0.25) is 0 Å². The Kier molecular flexibility index (Phi) is 5.29. The Balaban J connectivity index is 2.56. The van der Waals surface area contributed by atoms with Gasteiger partial charge in [0.15, 0.2) is 11.5 Å². The first-order valence-electron chi connectivity index (χ1n) is 6.07. The Morgan fingerprint density at radius 1 is 1.35 bits per heavy atom. The van der Waals surface area contributed by atoms with Crippen molar-refractivity contribution in [1.29, 1.82) is 0 Å². The molecule has 0 aromatic heterocycles. The van der Waals surface area contributed by atoms with Crippen molar-refractivity contribution in [3.63, 3.8) is 0 Å². The highest BCUT2D eigenvalue weighted by molar-refractivity contribution is 5.41. The highest BCUT2D eigenvalue weighted by Gasteiger charge is 2.05. The number of nitrogens with zero attached hydrogens (tertiary/aromatic N) is 1. The first kappa shape index (κ1) is 13.8. The Bertz CT molecular complexity index is 350. The van der Waals surface area contributed by atoms with E-state index in [1.807, 2.05) is 12.1 Å². The zero-order valence-corrected chi connectivity index (χ0v) is 11.2. The van der Waals surface area contributed by atoms with E-state index in [0.29, 0.717) is 5.75 Å². The van der Waals surface area contributed by atoms with Crippen LogP contribution in [0.5, 0.6) is 11.5 Å². The fraction of sp³-hybridized carbons (Fsp3) is 0.571. The summed E-state index contributed by atoms with van der Waals surface area (Å²) in [6.45, 7) is 6.43. The van der Waals surface area contributed by atoms with Gasteiger partial charge in [0.1, 0.15) is 0 Å². The van der Waals surface area contributed by atoms with Crippen molar-refractivity contribution in [2.75, 3.05) is 20.7 Å². The van der Waals surface area contributed by atoms with Gasteiger partial charge in [-0.15, -0.1) is 0 Å². The molecule has 3 nitrogen and oxygen atoms in total. The lowest BCUT2D eigenvalue weighted by Gasteiger charge is -2.18. The van der Waals surface area contributed by atoms with E-state index in [4.69, 9.17) is 4.74 Å². The van der Waals surface area contributed by atoms with Crippen molar-refractivity contribution in [3.8, 4) is 11.5 Å². The van der Waals surface area contributed by atoms with Crippen LogP contribution in [0.2, 0.25) is 0 Å². The molecule has 0 amide bonds. The monoisotopic (exact) mass is 237 g/mol. The molecule has 0 saturated carbocycles. The molecular weight excluding hydrogens is 214 g/mol. The zero-order valence-electron chi connectivity index (χ0n) is 11.2. The summed E-state index contributed by atoms with van der Waals surface area (Å²) in [4.78, 5) is 2.28. The van der Waals surface area contributed by atoms with Crippen LogP contribution in [0.1, 0.15) is 25.8 Å². The largest absolute Gasteiger partial charge is 0.504 e. The Morgan fingerprint density at radius 3 is 2.65 bits per heavy atom. The lowest BCUT2D eigenvalue weighted by Crippen LogP contribution is -2.20. The molecule has 0 unspecified atom stereocenters. The van der Waals surface area contributed by atoms with Crippen LogP contribution in [0.4, 0.5) is 0 Å². The van der Waals surface area contributed by atoms with Gasteiger partial charge in [0.25, 0.3) is 0 Å². The van der Waals surface area contributed by atoms with Crippen LogP contribution in [0.3, 0.4) is 0 Å². The van der Waals surface area contributed by atoms with Crippen LogP contribution in [0.25, 0.3) is 0 Å². The van der Waals surface area contributed by atoms with Crippen molar-refractivity contribution in [1.82, 2.24) is 4.90 Å². The van der Waals surface area contributed by atoms with Gasteiger partial charge < -0.3 is 14.7 Å². The van der Waals surface area contributed by atoms with E-state index >= 15 is 0 Å². The van der Waals surface area contributed by atoms with E-state index in [-0.39, 0.29) is 5.75 Å². The second-order valence-electron chi connectivity index (χ2n) is 4.93. The summed E-state index contributed by atoms with van der Waals surface area (Å²) in [7, 11) is 3.68. The predicted octanol–water partition coefficient (Wildman–Crippen LogP) is 2.88. The average Bonchev–Trinajstić information content (AvgIpc) is 2.29. The zero-order chi connectivity index (χ0) is 12.8. The van der Waals surface area contributed by atoms with Gasteiger partial charge in [0.05, 0.1) is 7.11 Å².